The van der Waals surface area contributed by atoms with E-state index in [2.05, 4.69) is 9.46 Å². The Labute approximate surface area is 151 Å². The van der Waals surface area contributed by atoms with Gasteiger partial charge in [0.2, 0.25) is 0 Å². The molecule has 0 atom stereocenters. The summed E-state index contributed by atoms with van der Waals surface area (Å²) in [6, 6.07) is 6.46. The second kappa shape index (κ2) is 7.52. The van der Waals surface area contributed by atoms with Crippen LogP contribution in [0.2, 0.25) is 0 Å². The SMILES string of the molecule is COC(=O)c1cc(S(=O)(=O)Nc2cc(OC)c(OC)cc2C)ccc1O. The van der Waals surface area contributed by atoms with Crippen LogP contribution in [-0.4, -0.2) is 40.8 Å². The molecule has 26 heavy (non-hydrogen) atoms. The number of carbonyl (C=O) groups is 1. The number of phenolic OH excluding ortho intramolecular Hbond substituents is 1. The highest BCUT2D eigenvalue weighted by Crippen LogP contribution is 2.34. The van der Waals surface area contributed by atoms with E-state index < -0.39 is 16.0 Å². The van der Waals surface area contributed by atoms with Gasteiger partial charge in [-0.25, -0.2) is 13.2 Å². The zero-order valence-electron chi connectivity index (χ0n) is 14.7. The third kappa shape index (κ3) is 3.83. The van der Waals surface area contributed by atoms with Crippen molar-refractivity contribution in [1.82, 2.24) is 0 Å². The van der Waals surface area contributed by atoms with Crippen LogP contribution in [0.4, 0.5) is 5.69 Å². The van der Waals surface area contributed by atoms with Crippen LogP contribution in [0.5, 0.6) is 17.2 Å². The molecule has 2 rings (SSSR count). The van der Waals surface area contributed by atoms with Gasteiger partial charge in [-0.2, -0.15) is 0 Å². The van der Waals surface area contributed by atoms with Gasteiger partial charge in [-0.15, -0.1) is 0 Å². The van der Waals surface area contributed by atoms with Gasteiger partial charge in [0.15, 0.2) is 11.5 Å². The summed E-state index contributed by atoms with van der Waals surface area (Å²) in [6.45, 7) is 1.70. The van der Waals surface area contributed by atoms with Crippen molar-refractivity contribution < 1.29 is 32.5 Å². The molecule has 140 valence electrons. The lowest BCUT2D eigenvalue weighted by molar-refractivity contribution is 0.0597. The number of phenols is 1. The van der Waals surface area contributed by atoms with E-state index in [4.69, 9.17) is 9.47 Å². The first kappa shape index (κ1) is 19.4. The number of benzene rings is 2. The highest BCUT2D eigenvalue weighted by atomic mass is 32.2. The van der Waals surface area contributed by atoms with Crippen LogP contribution in [0.3, 0.4) is 0 Å². The molecule has 0 fully saturated rings. The van der Waals surface area contributed by atoms with Crippen molar-refractivity contribution in [3.8, 4) is 17.2 Å². The molecule has 2 aromatic rings. The zero-order valence-corrected chi connectivity index (χ0v) is 15.5. The number of sulfonamides is 1. The van der Waals surface area contributed by atoms with E-state index in [0.717, 1.165) is 19.2 Å². The van der Waals surface area contributed by atoms with E-state index in [0.29, 0.717) is 17.1 Å². The highest BCUT2D eigenvalue weighted by Gasteiger charge is 2.21. The molecule has 0 spiro atoms. The lowest BCUT2D eigenvalue weighted by Gasteiger charge is -2.15. The number of carbonyl (C=O) groups excluding carboxylic acids is 1. The Bertz CT molecular complexity index is 938. The smallest absolute Gasteiger partial charge is 0.341 e. The Balaban J connectivity index is 2.45. The molecular weight excluding hydrogens is 362 g/mol. The Kier molecular flexibility index (Phi) is 5.61. The summed E-state index contributed by atoms with van der Waals surface area (Å²) >= 11 is 0. The topological polar surface area (TPSA) is 111 Å². The zero-order chi connectivity index (χ0) is 19.5. The van der Waals surface area contributed by atoms with Gasteiger partial charge in [0, 0.05) is 6.07 Å². The first-order chi connectivity index (χ1) is 12.2. The standard InChI is InChI=1S/C17H19NO7S/c1-10-7-15(23-2)16(24-3)9-13(10)18-26(21,22)11-5-6-14(19)12(8-11)17(20)25-4/h5-9,18-19H,1-4H3. The van der Waals surface area contributed by atoms with Crippen LogP contribution < -0.4 is 14.2 Å². The molecule has 0 aliphatic heterocycles. The molecule has 0 aromatic heterocycles. The van der Waals surface area contributed by atoms with Gasteiger partial charge >= 0.3 is 5.97 Å². The predicted molar refractivity (Wildman–Crippen MR) is 94.5 cm³/mol. The summed E-state index contributed by atoms with van der Waals surface area (Å²) in [5.41, 5.74) is 0.646. The molecule has 8 nitrogen and oxygen atoms in total. The van der Waals surface area contributed by atoms with E-state index in [-0.39, 0.29) is 21.9 Å². The molecule has 0 aliphatic rings. The fourth-order valence-corrected chi connectivity index (χ4v) is 3.40. The number of nitrogens with one attached hydrogen (secondary N) is 1. The minimum absolute atomic E-state index is 0.204. The van der Waals surface area contributed by atoms with Gasteiger partial charge in [0.1, 0.15) is 11.3 Å². The van der Waals surface area contributed by atoms with Gasteiger partial charge in [-0.05, 0) is 36.8 Å². The second-order valence-corrected chi connectivity index (χ2v) is 6.98. The van der Waals surface area contributed by atoms with Crippen LogP contribution in [-0.2, 0) is 14.8 Å². The molecule has 0 amide bonds. The number of rotatable bonds is 6. The van der Waals surface area contributed by atoms with Crippen molar-refractivity contribution in [1.29, 1.82) is 0 Å². The number of aromatic hydroxyl groups is 1. The largest absolute Gasteiger partial charge is 0.507 e. The summed E-state index contributed by atoms with van der Waals surface area (Å²) in [6.07, 6.45) is 0. The molecule has 0 saturated heterocycles. The van der Waals surface area contributed by atoms with Gasteiger partial charge in [-0.3, -0.25) is 4.72 Å². The van der Waals surface area contributed by atoms with E-state index in [9.17, 15) is 18.3 Å². The lowest BCUT2D eigenvalue weighted by atomic mass is 10.2. The normalized spacial score (nSPS) is 10.9. The third-order valence-corrected chi connectivity index (χ3v) is 5.02. The summed E-state index contributed by atoms with van der Waals surface area (Å²) in [4.78, 5) is 11.4. The number of aryl methyl sites for hydroxylation is 1. The van der Waals surface area contributed by atoms with Crippen molar-refractivity contribution in [2.75, 3.05) is 26.1 Å². The third-order valence-electron chi connectivity index (χ3n) is 3.66. The van der Waals surface area contributed by atoms with Crippen molar-refractivity contribution >= 4 is 21.7 Å². The highest BCUT2D eigenvalue weighted by molar-refractivity contribution is 7.92. The van der Waals surface area contributed by atoms with E-state index in [1.54, 1.807) is 13.0 Å². The Morgan fingerprint density at radius 1 is 1.04 bits per heavy atom. The molecule has 0 saturated carbocycles. The van der Waals surface area contributed by atoms with Crippen molar-refractivity contribution in [3.05, 3.63) is 41.5 Å². The monoisotopic (exact) mass is 381 g/mol. The van der Waals surface area contributed by atoms with E-state index >= 15 is 0 Å². The minimum Gasteiger partial charge on any atom is -0.507 e. The van der Waals surface area contributed by atoms with Crippen LogP contribution in [0.15, 0.2) is 35.2 Å². The van der Waals surface area contributed by atoms with Crippen LogP contribution in [0, 0.1) is 6.92 Å². The lowest BCUT2D eigenvalue weighted by Crippen LogP contribution is -2.15. The maximum atomic E-state index is 12.7. The van der Waals surface area contributed by atoms with Crippen molar-refractivity contribution in [2.45, 2.75) is 11.8 Å². The van der Waals surface area contributed by atoms with E-state index in [1.165, 1.54) is 26.4 Å². The first-order valence-electron chi connectivity index (χ1n) is 7.40. The van der Waals surface area contributed by atoms with Crippen LogP contribution in [0.1, 0.15) is 15.9 Å². The second-order valence-electron chi connectivity index (χ2n) is 5.30. The van der Waals surface area contributed by atoms with Crippen LogP contribution in [0.25, 0.3) is 0 Å². The van der Waals surface area contributed by atoms with Crippen molar-refractivity contribution in [3.63, 3.8) is 0 Å². The minimum atomic E-state index is -4.03. The number of hydrogen-bond acceptors (Lipinski definition) is 7. The van der Waals surface area contributed by atoms with E-state index in [1.807, 2.05) is 0 Å². The number of ether oxygens (including phenoxy) is 3. The average molecular weight is 381 g/mol. The average Bonchev–Trinajstić information content (AvgIpc) is 2.62. The number of anilines is 1. The maximum Gasteiger partial charge on any atom is 0.341 e. The van der Waals surface area contributed by atoms with Gasteiger partial charge < -0.3 is 19.3 Å². The van der Waals surface area contributed by atoms with Gasteiger partial charge in [0.05, 0.1) is 31.9 Å². The fraction of sp³-hybridized carbons (Fsp3) is 0.235. The van der Waals surface area contributed by atoms with Gasteiger partial charge in [0.25, 0.3) is 10.0 Å². The number of methoxy groups -OCH3 is 3. The predicted octanol–water partition coefficient (Wildman–Crippen LogP) is 2.31. The molecule has 0 aliphatic carbocycles. The number of hydrogen-bond donors (Lipinski definition) is 2. The Morgan fingerprint density at radius 3 is 2.23 bits per heavy atom. The molecular formula is C17H19NO7S. The molecule has 2 aromatic carbocycles. The Morgan fingerprint density at radius 2 is 1.65 bits per heavy atom. The fourth-order valence-electron chi connectivity index (χ4n) is 2.25. The molecule has 2 N–H and O–H groups in total. The summed E-state index contributed by atoms with van der Waals surface area (Å²) in [5.74, 6) is -0.401. The van der Waals surface area contributed by atoms with Crippen LogP contribution >= 0.6 is 0 Å². The molecule has 0 unspecified atom stereocenters. The summed E-state index contributed by atoms with van der Waals surface area (Å²) < 4.78 is 42.7. The molecule has 0 heterocycles. The molecule has 0 bridgehead atoms. The summed E-state index contributed by atoms with van der Waals surface area (Å²) in [7, 11) is 0.0231. The first-order valence-corrected chi connectivity index (χ1v) is 8.88. The van der Waals surface area contributed by atoms with Crippen molar-refractivity contribution in [2.24, 2.45) is 0 Å². The summed E-state index contributed by atoms with van der Waals surface area (Å²) in [5, 5.41) is 9.72. The quantitative estimate of drug-likeness (QED) is 0.739. The van der Waals surface area contributed by atoms with Gasteiger partial charge in [-0.1, -0.05) is 0 Å². The molecule has 0 radical (unpaired) electrons. The molecule has 9 heteroatoms. The maximum absolute atomic E-state index is 12.7. The number of esters is 1. The Hall–Kier alpha value is -2.94.